The fourth-order valence-corrected chi connectivity index (χ4v) is 5.96. The monoisotopic (exact) mass is 563 g/mol. The minimum atomic E-state index is -0.440. The lowest BCUT2D eigenvalue weighted by molar-refractivity contribution is 0.0592. The van der Waals surface area contributed by atoms with Gasteiger partial charge in [-0.1, -0.05) is 19.3 Å². The fourth-order valence-electron chi connectivity index (χ4n) is 5.06. The molecule has 0 radical (unpaired) electrons. The van der Waals surface area contributed by atoms with Crippen LogP contribution in [0, 0.1) is 0 Å². The summed E-state index contributed by atoms with van der Waals surface area (Å²) in [5.41, 5.74) is 16.9. The van der Waals surface area contributed by atoms with Crippen LogP contribution in [0.5, 0.6) is 0 Å². The average molecular weight is 564 g/mol. The molecule has 4 aromatic rings. The molecule has 0 saturated heterocycles. The number of thioether (sulfide) groups is 1. The predicted molar refractivity (Wildman–Crippen MR) is 155 cm³/mol. The maximum atomic E-state index is 12.2. The van der Waals surface area contributed by atoms with Gasteiger partial charge in [-0.2, -0.15) is 0 Å². The largest absolute Gasteiger partial charge is 0.465 e. The van der Waals surface area contributed by atoms with Crippen LogP contribution < -0.4 is 16.8 Å². The van der Waals surface area contributed by atoms with Gasteiger partial charge < -0.3 is 30.7 Å². The maximum Gasteiger partial charge on any atom is 0.338 e. The molecular formula is C28H33N7O4S. The van der Waals surface area contributed by atoms with Crippen LogP contribution in [0.1, 0.15) is 69.9 Å². The molecule has 1 fully saturated rings. The molecule has 0 bridgehead atoms. The number of aromatic nitrogens is 4. The Morgan fingerprint density at radius 3 is 2.27 bits per heavy atom. The number of fused-ring (bicyclic) bond motifs is 2. The first-order valence-corrected chi connectivity index (χ1v) is 14.1. The van der Waals surface area contributed by atoms with E-state index in [0.717, 1.165) is 29.1 Å². The van der Waals surface area contributed by atoms with Crippen molar-refractivity contribution in [1.82, 2.24) is 24.1 Å². The van der Waals surface area contributed by atoms with E-state index in [9.17, 15) is 9.59 Å². The van der Waals surface area contributed by atoms with Crippen molar-refractivity contribution in [3.05, 3.63) is 71.1 Å². The first-order chi connectivity index (χ1) is 19.4. The van der Waals surface area contributed by atoms with Crippen LogP contribution in [0.2, 0.25) is 0 Å². The molecule has 11 nitrogen and oxygen atoms in total. The lowest BCUT2D eigenvalue weighted by Crippen LogP contribution is -2.31. The summed E-state index contributed by atoms with van der Waals surface area (Å²) in [4.78, 5) is 34.4. The number of nitrogen functional groups attached to an aromatic ring is 1. The number of hydrogen-bond acceptors (Lipinski definition) is 10. The van der Waals surface area contributed by atoms with Gasteiger partial charge in [0.25, 0.3) is 0 Å². The molecule has 5 N–H and O–H groups in total. The molecule has 12 heteroatoms. The zero-order chi connectivity index (χ0) is 28.2. The van der Waals surface area contributed by atoms with Gasteiger partial charge >= 0.3 is 11.9 Å². The second-order valence-corrected chi connectivity index (χ2v) is 10.7. The van der Waals surface area contributed by atoms with Crippen LogP contribution in [-0.4, -0.2) is 51.0 Å². The van der Waals surface area contributed by atoms with Gasteiger partial charge in [-0.25, -0.2) is 19.6 Å². The number of hydrogen-bond donors (Lipinski definition) is 3. The van der Waals surface area contributed by atoms with Gasteiger partial charge in [-0.05, 0) is 37.1 Å². The van der Waals surface area contributed by atoms with Crippen molar-refractivity contribution in [2.75, 3.05) is 20.0 Å². The molecule has 0 spiro atoms. The van der Waals surface area contributed by atoms with E-state index in [2.05, 4.69) is 10.3 Å². The summed E-state index contributed by atoms with van der Waals surface area (Å²) in [6, 6.07) is 7.19. The van der Waals surface area contributed by atoms with Crippen molar-refractivity contribution in [2.24, 2.45) is 5.73 Å². The van der Waals surface area contributed by atoms with Crippen LogP contribution in [0.4, 0.5) is 5.82 Å². The Morgan fingerprint density at radius 2 is 1.65 bits per heavy atom. The summed E-state index contributed by atoms with van der Waals surface area (Å²) >= 11 is 1.47. The average Bonchev–Trinajstić information content (AvgIpc) is 3.52. The van der Waals surface area contributed by atoms with Crippen LogP contribution in [0.25, 0.3) is 16.2 Å². The van der Waals surface area contributed by atoms with Crippen LogP contribution in [0.3, 0.4) is 0 Å². The number of carbonyl (C=O) groups excluding carboxylic acids is 2. The molecule has 210 valence electrons. The minimum Gasteiger partial charge on any atom is -0.465 e. The number of nitrogens with two attached hydrogens (primary N) is 2. The second kappa shape index (κ2) is 12.0. The van der Waals surface area contributed by atoms with Crippen LogP contribution >= 0.6 is 11.8 Å². The Hall–Kier alpha value is -4.03. The molecular weight excluding hydrogens is 530 g/mol. The van der Waals surface area contributed by atoms with Crippen molar-refractivity contribution in [2.45, 2.75) is 50.4 Å². The molecule has 5 rings (SSSR count). The highest BCUT2D eigenvalue weighted by atomic mass is 32.2. The van der Waals surface area contributed by atoms with E-state index in [-0.39, 0.29) is 0 Å². The summed E-state index contributed by atoms with van der Waals surface area (Å²) < 4.78 is 13.4. The zero-order valence-electron chi connectivity index (χ0n) is 22.6. The number of methoxy groups -OCH3 is 2. The standard InChI is InChI=1S/C28H33N7O4S/c1-38-27(36)17-8-10-34-21(15-31-19-6-4-3-5-7-19)25(33-24(34)13-17)22(14-29)40-16-20-26(30)35-11-9-18(28(37)39-2)12-23(35)32-20/h8-14,19,31H,3-7,15-16,29-30H2,1-2H3/b22-14-. The predicted octanol–water partition coefficient (Wildman–Crippen LogP) is 3.75. The summed E-state index contributed by atoms with van der Waals surface area (Å²) in [5, 5.41) is 3.70. The Morgan fingerprint density at radius 1 is 1.02 bits per heavy atom. The third kappa shape index (κ3) is 5.50. The second-order valence-electron chi connectivity index (χ2n) is 9.66. The molecule has 4 aromatic heterocycles. The number of rotatable bonds is 9. The van der Waals surface area contributed by atoms with Crippen molar-refractivity contribution in [1.29, 1.82) is 0 Å². The molecule has 40 heavy (non-hydrogen) atoms. The van der Waals surface area contributed by atoms with Gasteiger partial charge in [0.15, 0.2) is 0 Å². The Kier molecular flexibility index (Phi) is 8.27. The minimum absolute atomic E-state index is 0.396. The molecule has 1 aliphatic rings. The molecule has 0 atom stereocenters. The zero-order valence-corrected chi connectivity index (χ0v) is 23.4. The van der Waals surface area contributed by atoms with Gasteiger partial charge in [0, 0.05) is 36.9 Å². The smallest absolute Gasteiger partial charge is 0.338 e. The molecule has 1 saturated carbocycles. The first-order valence-electron chi connectivity index (χ1n) is 13.2. The number of imidazole rings is 2. The van der Waals surface area contributed by atoms with E-state index in [1.165, 1.54) is 45.2 Å². The summed E-state index contributed by atoms with van der Waals surface area (Å²) in [5.74, 6) is 0.0497. The third-order valence-electron chi connectivity index (χ3n) is 7.22. The number of nitrogens with zero attached hydrogens (tertiary/aromatic N) is 4. The Balaban J connectivity index is 1.44. The van der Waals surface area contributed by atoms with E-state index in [1.54, 1.807) is 41.1 Å². The maximum absolute atomic E-state index is 12.2. The number of nitrogens with one attached hydrogen (secondary N) is 1. The van der Waals surface area contributed by atoms with Crippen molar-refractivity contribution >= 4 is 45.7 Å². The lowest BCUT2D eigenvalue weighted by atomic mass is 9.95. The molecule has 1 aliphatic carbocycles. The third-order valence-corrected chi connectivity index (χ3v) is 8.28. The van der Waals surface area contributed by atoms with Crippen LogP contribution in [0.15, 0.2) is 42.9 Å². The van der Waals surface area contributed by atoms with E-state index in [0.29, 0.717) is 52.3 Å². The van der Waals surface area contributed by atoms with Gasteiger partial charge in [0.1, 0.15) is 22.8 Å². The SMILES string of the molecule is COC(=O)c1ccn2c(N)c(CS/C(=C\N)c3nc4cc(C(=O)OC)ccn4c3CNC3CCCCC3)nc2c1. The number of carbonyl (C=O) groups is 2. The van der Waals surface area contributed by atoms with Crippen LogP contribution in [-0.2, 0) is 21.8 Å². The van der Waals surface area contributed by atoms with E-state index < -0.39 is 11.9 Å². The number of esters is 2. The normalized spacial score (nSPS) is 14.6. The number of ether oxygens (including phenoxy) is 2. The van der Waals surface area contributed by atoms with Gasteiger partial charge in [-0.15, -0.1) is 11.8 Å². The molecule has 0 amide bonds. The van der Waals surface area contributed by atoms with E-state index >= 15 is 0 Å². The van der Waals surface area contributed by atoms with E-state index in [4.69, 9.17) is 25.9 Å². The first kappa shape index (κ1) is 27.5. The van der Waals surface area contributed by atoms with Gasteiger partial charge in [-0.3, -0.25) is 4.40 Å². The van der Waals surface area contributed by atoms with E-state index in [1.807, 2.05) is 10.6 Å². The summed E-state index contributed by atoms with van der Waals surface area (Å²) in [7, 11) is 2.69. The van der Waals surface area contributed by atoms with Gasteiger partial charge in [0.2, 0.25) is 0 Å². The summed E-state index contributed by atoms with van der Waals surface area (Å²) in [6.07, 6.45) is 11.1. The Bertz CT molecular complexity index is 1590. The molecule has 4 heterocycles. The fraction of sp³-hybridized carbons (Fsp3) is 0.357. The van der Waals surface area contributed by atoms with Crippen molar-refractivity contribution in [3.63, 3.8) is 0 Å². The van der Waals surface area contributed by atoms with Gasteiger partial charge in [0.05, 0.1) is 41.6 Å². The molecule has 0 aliphatic heterocycles. The van der Waals surface area contributed by atoms with Crippen molar-refractivity contribution < 1.29 is 19.1 Å². The highest BCUT2D eigenvalue weighted by Gasteiger charge is 2.21. The van der Waals surface area contributed by atoms with Crippen molar-refractivity contribution in [3.8, 4) is 0 Å². The molecule has 0 aromatic carbocycles. The highest BCUT2D eigenvalue weighted by Crippen LogP contribution is 2.34. The molecule has 0 unspecified atom stereocenters. The number of anilines is 1. The lowest BCUT2D eigenvalue weighted by Gasteiger charge is -2.23. The highest BCUT2D eigenvalue weighted by molar-refractivity contribution is 8.07. The number of pyridine rings is 2. The quantitative estimate of drug-likeness (QED) is 0.257. The topological polar surface area (TPSA) is 151 Å². The Labute approximate surface area is 235 Å². The summed E-state index contributed by atoms with van der Waals surface area (Å²) in [6.45, 7) is 0.601.